The molecule has 2 aliphatic rings. The van der Waals surface area contributed by atoms with E-state index in [2.05, 4.69) is 10.3 Å². The number of hydrogen-bond donors (Lipinski definition) is 2. The lowest BCUT2D eigenvalue weighted by Gasteiger charge is -2.28. The van der Waals surface area contributed by atoms with Crippen molar-refractivity contribution < 1.29 is 4.79 Å². The summed E-state index contributed by atoms with van der Waals surface area (Å²) in [5, 5.41) is 3.31. The highest BCUT2D eigenvalue weighted by Gasteiger charge is 2.23. The summed E-state index contributed by atoms with van der Waals surface area (Å²) in [7, 11) is 1.86. The van der Waals surface area contributed by atoms with Gasteiger partial charge in [-0.3, -0.25) is 9.79 Å². The predicted molar refractivity (Wildman–Crippen MR) is 92.3 cm³/mol. The van der Waals surface area contributed by atoms with E-state index in [1.54, 1.807) is 4.90 Å². The standard InChI is InChI=1S/C14H26N4O.HI/c1-18-8-7-11(9-13(18)19)10-16-14(15)17-12-5-3-2-4-6-12;/h11-12H,2-10H2,1H3,(H3,15,16,17);1H. The van der Waals surface area contributed by atoms with Gasteiger partial charge < -0.3 is 16.0 Å². The van der Waals surface area contributed by atoms with E-state index in [1.165, 1.54) is 32.1 Å². The highest BCUT2D eigenvalue weighted by atomic mass is 127. The van der Waals surface area contributed by atoms with Crippen molar-refractivity contribution in [2.75, 3.05) is 20.1 Å². The molecule has 2 fully saturated rings. The minimum Gasteiger partial charge on any atom is -0.370 e. The Morgan fingerprint density at radius 3 is 2.70 bits per heavy atom. The van der Waals surface area contributed by atoms with Crippen molar-refractivity contribution in [2.24, 2.45) is 16.6 Å². The summed E-state index contributed by atoms with van der Waals surface area (Å²) in [5.74, 6) is 1.14. The summed E-state index contributed by atoms with van der Waals surface area (Å²) in [4.78, 5) is 17.8. The van der Waals surface area contributed by atoms with Crippen molar-refractivity contribution >= 4 is 35.8 Å². The zero-order chi connectivity index (χ0) is 13.7. The average molecular weight is 394 g/mol. The molecular weight excluding hydrogens is 367 g/mol. The third-order valence-corrected chi connectivity index (χ3v) is 4.24. The normalized spacial score (nSPS) is 25.2. The number of carbonyl (C=O) groups is 1. The molecule has 0 spiro atoms. The van der Waals surface area contributed by atoms with E-state index in [0.717, 1.165) is 13.0 Å². The number of halogens is 1. The van der Waals surface area contributed by atoms with Crippen molar-refractivity contribution in [3.8, 4) is 0 Å². The second-order valence-electron chi connectivity index (χ2n) is 5.88. The number of nitrogens with one attached hydrogen (secondary N) is 1. The zero-order valence-corrected chi connectivity index (χ0v) is 14.6. The van der Waals surface area contributed by atoms with Crippen LogP contribution in [0.3, 0.4) is 0 Å². The lowest BCUT2D eigenvalue weighted by atomic mass is 9.95. The second-order valence-corrected chi connectivity index (χ2v) is 5.88. The number of nitrogens with two attached hydrogens (primary N) is 1. The van der Waals surface area contributed by atoms with Crippen molar-refractivity contribution in [3.05, 3.63) is 0 Å². The van der Waals surface area contributed by atoms with Gasteiger partial charge >= 0.3 is 0 Å². The SMILES string of the molecule is CN1CCC(CN=C(N)NC2CCCCC2)CC1=O.I. The molecule has 0 aromatic rings. The van der Waals surface area contributed by atoms with E-state index in [1.807, 2.05) is 7.05 Å². The summed E-state index contributed by atoms with van der Waals surface area (Å²) in [5.41, 5.74) is 5.93. The van der Waals surface area contributed by atoms with Gasteiger partial charge in [0.1, 0.15) is 0 Å². The molecule has 1 saturated carbocycles. The largest absolute Gasteiger partial charge is 0.370 e. The van der Waals surface area contributed by atoms with E-state index >= 15 is 0 Å². The number of aliphatic imine (C=N–C) groups is 1. The molecule has 3 N–H and O–H groups in total. The maximum absolute atomic E-state index is 11.6. The van der Waals surface area contributed by atoms with Crippen LogP contribution in [0.2, 0.25) is 0 Å². The summed E-state index contributed by atoms with van der Waals surface area (Å²) >= 11 is 0. The van der Waals surface area contributed by atoms with E-state index in [-0.39, 0.29) is 29.9 Å². The van der Waals surface area contributed by atoms with Gasteiger partial charge in [-0.2, -0.15) is 0 Å². The molecule has 1 heterocycles. The smallest absolute Gasteiger partial charge is 0.222 e. The van der Waals surface area contributed by atoms with Gasteiger partial charge in [-0.05, 0) is 25.2 Å². The van der Waals surface area contributed by atoms with Gasteiger partial charge in [0.05, 0.1) is 0 Å². The van der Waals surface area contributed by atoms with Gasteiger partial charge in [0.15, 0.2) is 5.96 Å². The first-order valence-corrected chi connectivity index (χ1v) is 7.45. The third-order valence-electron chi connectivity index (χ3n) is 4.24. The first-order valence-electron chi connectivity index (χ1n) is 7.45. The number of piperidine rings is 1. The molecule has 1 aliphatic carbocycles. The van der Waals surface area contributed by atoms with Crippen LogP contribution >= 0.6 is 24.0 Å². The monoisotopic (exact) mass is 394 g/mol. The Morgan fingerprint density at radius 1 is 1.35 bits per heavy atom. The van der Waals surface area contributed by atoms with E-state index in [4.69, 9.17) is 5.73 Å². The number of nitrogens with zero attached hydrogens (tertiary/aromatic N) is 2. The predicted octanol–water partition coefficient (Wildman–Crippen LogP) is 1.71. The molecule has 1 saturated heterocycles. The first kappa shape index (κ1) is 17.5. The van der Waals surface area contributed by atoms with Crippen molar-refractivity contribution in [1.29, 1.82) is 0 Å². The highest BCUT2D eigenvalue weighted by Crippen LogP contribution is 2.18. The fourth-order valence-electron chi connectivity index (χ4n) is 2.89. The summed E-state index contributed by atoms with van der Waals surface area (Å²) in [6.07, 6.45) is 7.95. The van der Waals surface area contributed by atoms with Crippen molar-refractivity contribution in [1.82, 2.24) is 10.2 Å². The Balaban J connectivity index is 0.00000200. The number of guanidine groups is 1. The Bertz CT molecular complexity index is 342. The molecule has 0 aromatic carbocycles. The fourth-order valence-corrected chi connectivity index (χ4v) is 2.89. The summed E-state index contributed by atoms with van der Waals surface area (Å²) < 4.78 is 0. The Labute approximate surface area is 138 Å². The topological polar surface area (TPSA) is 70.7 Å². The van der Waals surface area contributed by atoms with Gasteiger partial charge in [-0.15, -0.1) is 24.0 Å². The second kappa shape index (κ2) is 8.69. The van der Waals surface area contributed by atoms with E-state index in [9.17, 15) is 4.79 Å². The summed E-state index contributed by atoms with van der Waals surface area (Å²) in [6.45, 7) is 1.51. The van der Waals surface area contributed by atoms with Crippen LogP contribution in [0.4, 0.5) is 0 Å². The van der Waals surface area contributed by atoms with Gasteiger partial charge in [0.2, 0.25) is 5.91 Å². The molecule has 20 heavy (non-hydrogen) atoms. The quantitative estimate of drug-likeness (QED) is 0.435. The van der Waals surface area contributed by atoms with Gasteiger partial charge in [-0.25, -0.2) is 0 Å². The number of amides is 1. The van der Waals surface area contributed by atoms with Crippen LogP contribution in [0.25, 0.3) is 0 Å². The molecule has 116 valence electrons. The Kier molecular flexibility index (Phi) is 7.61. The van der Waals surface area contributed by atoms with Crippen LogP contribution in [0.15, 0.2) is 4.99 Å². The third kappa shape index (κ3) is 5.46. The number of likely N-dealkylation sites (tertiary alicyclic amines) is 1. The number of carbonyl (C=O) groups excluding carboxylic acids is 1. The van der Waals surface area contributed by atoms with Crippen LogP contribution in [-0.2, 0) is 4.79 Å². The number of hydrogen-bond acceptors (Lipinski definition) is 2. The molecule has 1 unspecified atom stereocenters. The molecule has 1 atom stereocenters. The van der Waals surface area contributed by atoms with Crippen LogP contribution in [0, 0.1) is 5.92 Å². The fraction of sp³-hybridized carbons (Fsp3) is 0.857. The first-order chi connectivity index (χ1) is 9.15. The van der Waals surface area contributed by atoms with Gasteiger partial charge in [0.25, 0.3) is 0 Å². The molecule has 1 amide bonds. The minimum atomic E-state index is 0. The van der Waals surface area contributed by atoms with Crippen LogP contribution in [-0.4, -0.2) is 42.9 Å². The maximum Gasteiger partial charge on any atom is 0.222 e. The molecule has 5 nitrogen and oxygen atoms in total. The molecular formula is C14H27IN4O. The van der Waals surface area contributed by atoms with Crippen LogP contribution < -0.4 is 11.1 Å². The van der Waals surface area contributed by atoms with Crippen molar-refractivity contribution in [3.63, 3.8) is 0 Å². The Morgan fingerprint density at radius 2 is 2.05 bits per heavy atom. The summed E-state index contributed by atoms with van der Waals surface area (Å²) in [6, 6.07) is 0.497. The lowest BCUT2D eigenvalue weighted by molar-refractivity contribution is -0.133. The maximum atomic E-state index is 11.6. The molecule has 6 heteroatoms. The molecule has 0 aromatic heterocycles. The molecule has 0 radical (unpaired) electrons. The van der Waals surface area contributed by atoms with Gasteiger partial charge in [-0.1, -0.05) is 19.3 Å². The van der Waals surface area contributed by atoms with Gasteiger partial charge in [0, 0.05) is 32.6 Å². The van der Waals surface area contributed by atoms with E-state index in [0.29, 0.717) is 30.9 Å². The minimum absolute atomic E-state index is 0. The molecule has 1 aliphatic heterocycles. The molecule has 0 bridgehead atoms. The average Bonchev–Trinajstić information content (AvgIpc) is 2.41. The lowest BCUT2D eigenvalue weighted by Crippen LogP contribution is -2.42. The van der Waals surface area contributed by atoms with Crippen LogP contribution in [0.1, 0.15) is 44.9 Å². The highest BCUT2D eigenvalue weighted by molar-refractivity contribution is 14.0. The number of rotatable bonds is 3. The van der Waals surface area contributed by atoms with Crippen molar-refractivity contribution in [2.45, 2.75) is 51.0 Å². The molecule has 2 rings (SSSR count). The van der Waals surface area contributed by atoms with Crippen LogP contribution in [0.5, 0.6) is 0 Å². The van der Waals surface area contributed by atoms with E-state index < -0.39 is 0 Å². The Hall–Kier alpha value is -0.530. The zero-order valence-electron chi connectivity index (χ0n) is 12.3.